The molecule has 18 heteroatoms. The first-order valence-electron chi connectivity index (χ1n) is 11.6. The number of aromatic nitrogens is 4. The number of hydrogen-bond donors (Lipinski definition) is 2. The highest BCUT2D eigenvalue weighted by molar-refractivity contribution is 7.89. The van der Waals surface area contributed by atoms with Crippen molar-refractivity contribution in [2.75, 3.05) is 25.9 Å². The highest BCUT2D eigenvalue weighted by Gasteiger charge is 2.44. The SMILES string of the molecule is Cc1ccc(S(=O)(=O)NC2(C)CCCN(C)C2)c(OC(=O)C(F)(F)F)c1-c1cnc2c(N)nc(C(F)(F)F)nn12. The number of fused-ring (bicyclic) bond motifs is 1. The number of sulfonamides is 1. The minimum absolute atomic E-state index is 0.0279. The number of likely N-dealkylation sites (N-methyl/N-ethyl adjacent to an activating group) is 1. The number of nitrogen functional groups attached to an aromatic ring is 1. The highest BCUT2D eigenvalue weighted by atomic mass is 32.2. The summed E-state index contributed by atoms with van der Waals surface area (Å²) in [4.78, 5) is 20.0. The number of imidazole rings is 1. The first kappa shape index (κ1) is 29.5. The van der Waals surface area contributed by atoms with Gasteiger partial charge in [-0.15, -0.1) is 5.10 Å². The number of carbonyl (C=O) groups excluding carboxylic acids is 1. The Labute approximate surface area is 223 Å². The number of anilines is 1. The molecule has 1 unspecified atom stereocenters. The first-order valence-corrected chi connectivity index (χ1v) is 13.0. The van der Waals surface area contributed by atoms with Crippen molar-refractivity contribution in [3.8, 4) is 17.0 Å². The number of nitrogens with zero attached hydrogens (tertiary/aromatic N) is 5. The van der Waals surface area contributed by atoms with Crippen molar-refractivity contribution in [3.63, 3.8) is 0 Å². The van der Waals surface area contributed by atoms with Gasteiger partial charge in [0.05, 0.1) is 11.9 Å². The van der Waals surface area contributed by atoms with E-state index in [2.05, 4.69) is 24.5 Å². The largest absolute Gasteiger partial charge is 0.491 e. The van der Waals surface area contributed by atoms with Crippen molar-refractivity contribution in [1.29, 1.82) is 0 Å². The third-order valence-electron chi connectivity index (χ3n) is 6.21. The van der Waals surface area contributed by atoms with Crippen molar-refractivity contribution in [2.24, 2.45) is 0 Å². The maximum Gasteiger partial charge on any atom is 0.491 e. The van der Waals surface area contributed by atoms with Crippen LogP contribution in [0.15, 0.2) is 23.2 Å². The average molecular weight is 596 g/mol. The average Bonchev–Trinajstić information content (AvgIpc) is 3.21. The second kappa shape index (κ2) is 9.84. The molecular weight excluding hydrogens is 572 g/mol. The lowest BCUT2D eigenvalue weighted by Crippen LogP contribution is -2.55. The van der Waals surface area contributed by atoms with E-state index in [1.807, 2.05) is 4.90 Å². The van der Waals surface area contributed by atoms with Crippen LogP contribution < -0.4 is 15.2 Å². The molecule has 0 saturated carbocycles. The van der Waals surface area contributed by atoms with E-state index in [0.717, 1.165) is 12.3 Å². The molecule has 1 atom stereocenters. The summed E-state index contributed by atoms with van der Waals surface area (Å²) in [6.07, 6.45) is -8.69. The quantitative estimate of drug-likeness (QED) is 0.258. The molecule has 3 aromatic rings. The zero-order valence-corrected chi connectivity index (χ0v) is 22.0. The molecule has 2 aromatic heterocycles. The number of ether oxygens (including phenoxy) is 1. The lowest BCUT2D eigenvalue weighted by molar-refractivity contribution is -0.189. The second-order valence-electron chi connectivity index (χ2n) is 9.68. The van der Waals surface area contributed by atoms with Crippen LogP contribution in [0.1, 0.15) is 31.2 Å². The molecule has 3 N–H and O–H groups in total. The minimum atomic E-state index is -5.54. The van der Waals surface area contributed by atoms with E-state index < -0.39 is 73.1 Å². The number of esters is 1. The van der Waals surface area contributed by atoms with Crippen LogP contribution in [0.25, 0.3) is 16.9 Å². The Morgan fingerprint density at radius 2 is 1.88 bits per heavy atom. The van der Waals surface area contributed by atoms with Crippen LogP contribution in [0.2, 0.25) is 0 Å². The molecule has 1 aromatic carbocycles. The Kier molecular flexibility index (Phi) is 7.25. The molecule has 1 aliphatic heterocycles. The molecule has 0 bridgehead atoms. The standard InChI is InChI=1S/C22H23F6N7O4S/c1-11-5-6-13(40(37,38)33-20(2)7-4-8-34(3)10-20)15(39-19(36)22(26,27)28)14(11)12-9-30-17-16(29)31-18(21(23,24)25)32-35(12)17/h5-6,9,33H,4,7-8,10H2,1-3H3,(H2,29,31,32). The molecule has 218 valence electrons. The van der Waals surface area contributed by atoms with E-state index in [1.165, 1.54) is 13.0 Å². The van der Waals surface area contributed by atoms with Gasteiger partial charge in [0.15, 0.2) is 17.2 Å². The second-order valence-corrected chi connectivity index (χ2v) is 11.3. The maximum absolute atomic E-state index is 13.6. The third kappa shape index (κ3) is 5.68. The predicted molar refractivity (Wildman–Crippen MR) is 128 cm³/mol. The number of alkyl halides is 6. The molecule has 0 spiro atoms. The van der Waals surface area contributed by atoms with Gasteiger partial charge in [0.25, 0.3) is 5.82 Å². The van der Waals surface area contributed by atoms with E-state index in [9.17, 15) is 39.6 Å². The molecule has 0 amide bonds. The summed E-state index contributed by atoms with van der Waals surface area (Å²) in [5.41, 5.74) is 3.29. The van der Waals surface area contributed by atoms with Crippen LogP contribution in [0, 0.1) is 6.92 Å². The lowest BCUT2D eigenvalue weighted by atomic mass is 9.93. The molecule has 1 fully saturated rings. The van der Waals surface area contributed by atoms with E-state index in [0.29, 0.717) is 23.9 Å². The van der Waals surface area contributed by atoms with Crippen molar-refractivity contribution >= 4 is 27.5 Å². The summed E-state index contributed by atoms with van der Waals surface area (Å²) in [5.74, 6) is -6.23. The number of likely N-dealkylation sites (tertiary alicyclic amines) is 1. The summed E-state index contributed by atoms with van der Waals surface area (Å²) < 4.78 is 115. The molecule has 1 aliphatic rings. The van der Waals surface area contributed by atoms with Gasteiger partial charge in [-0.25, -0.2) is 32.4 Å². The van der Waals surface area contributed by atoms with Crippen LogP contribution in [-0.4, -0.2) is 70.7 Å². The molecular formula is C22H23F6N7O4S. The Hall–Kier alpha value is -3.51. The fraction of sp³-hybridized carbons (Fsp3) is 0.455. The topological polar surface area (TPSA) is 145 Å². The summed E-state index contributed by atoms with van der Waals surface area (Å²) in [5, 5.41) is 3.36. The van der Waals surface area contributed by atoms with Gasteiger partial charge in [-0.05, 0) is 51.9 Å². The van der Waals surface area contributed by atoms with Crippen molar-refractivity contribution < 1.29 is 44.3 Å². The van der Waals surface area contributed by atoms with E-state index in [1.54, 1.807) is 14.0 Å². The van der Waals surface area contributed by atoms with Gasteiger partial charge >= 0.3 is 18.3 Å². The Balaban J connectivity index is 1.98. The Bertz CT molecular complexity index is 1590. The summed E-state index contributed by atoms with van der Waals surface area (Å²) in [6.45, 7) is 3.89. The number of halogens is 6. The maximum atomic E-state index is 13.6. The summed E-state index contributed by atoms with van der Waals surface area (Å²) in [7, 11) is -2.91. The molecule has 40 heavy (non-hydrogen) atoms. The number of carbonyl (C=O) groups is 1. The van der Waals surface area contributed by atoms with Crippen LogP contribution in [-0.2, 0) is 21.0 Å². The fourth-order valence-electron chi connectivity index (χ4n) is 4.59. The Morgan fingerprint density at radius 3 is 2.48 bits per heavy atom. The summed E-state index contributed by atoms with van der Waals surface area (Å²) in [6, 6.07) is 2.13. The van der Waals surface area contributed by atoms with Gasteiger partial charge in [-0.2, -0.15) is 26.3 Å². The smallest absolute Gasteiger partial charge is 0.418 e. The number of piperidine rings is 1. The molecule has 11 nitrogen and oxygen atoms in total. The third-order valence-corrected chi connectivity index (χ3v) is 7.87. The van der Waals surface area contributed by atoms with Crippen molar-refractivity contribution in [3.05, 3.63) is 29.7 Å². The normalized spacial score (nSPS) is 19.2. The number of rotatable bonds is 5. The van der Waals surface area contributed by atoms with Gasteiger partial charge in [-0.3, -0.25) is 0 Å². The predicted octanol–water partition coefficient (Wildman–Crippen LogP) is 2.93. The van der Waals surface area contributed by atoms with Gasteiger partial charge in [-0.1, -0.05) is 6.07 Å². The molecule has 4 rings (SSSR count). The van der Waals surface area contributed by atoms with Crippen LogP contribution in [0.5, 0.6) is 5.75 Å². The van der Waals surface area contributed by atoms with Crippen LogP contribution in [0.3, 0.4) is 0 Å². The van der Waals surface area contributed by atoms with E-state index >= 15 is 0 Å². The zero-order chi connectivity index (χ0) is 29.8. The number of hydrogen-bond acceptors (Lipinski definition) is 9. The molecule has 3 heterocycles. The monoisotopic (exact) mass is 595 g/mol. The van der Waals surface area contributed by atoms with Crippen LogP contribution in [0.4, 0.5) is 32.2 Å². The van der Waals surface area contributed by atoms with E-state index in [4.69, 9.17) is 5.73 Å². The molecule has 1 saturated heterocycles. The number of nitrogens with one attached hydrogen (secondary N) is 1. The van der Waals surface area contributed by atoms with Gasteiger partial charge in [0.1, 0.15) is 4.90 Å². The number of nitrogens with two attached hydrogens (primary N) is 1. The van der Waals surface area contributed by atoms with Crippen molar-refractivity contribution in [2.45, 2.75) is 49.5 Å². The van der Waals surface area contributed by atoms with Gasteiger partial charge in [0.2, 0.25) is 10.0 Å². The molecule has 0 radical (unpaired) electrons. The highest BCUT2D eigenvalue weighted by Crippen LogP contribution is 2.41. The van der Waals surface area contributed by atoms with Crippen molar-refractivity contribution in [1.82, 2.24) is 29.2 Å². The Morgan fingerprint density at radius 1 is 1.20 bits per heavy atom. The van der Waals surface area contributed by atoms with Gasteiger partial charge in [0, 0.05) is 17.6 Å². The first-order chi connectivity index (χ1) is 18.3. The summed E-state index contributed by atoms with van der Waals surface area (Å²) >= 11 is 0. The number of benzene rings is 1. The fourth-order valence-corrected chi connectivity index (χ4v) is 6.15. The molecule has 0 aliphatic carbocycles. The lowest BCUT2D eigenvalue weighted by Gasteiger charge is -2.39. The van der Waals surface area contributed by atoms with Gasteiger partial charge < -0.3 is 15.4 Å². The zero-order valence-electron chi connectivity index (χ0n) is 21.2. The minimum Gasteiger partial charge on any atom is -0.418 e. The number of aryl methyl sites for hydroxylation is 1. The van der Waals surface area contributed by atoms with E-state index in [-0.39, 0.29) is 12.1 Å². The van der Waals surface area contributed by atoms with Crippen LogP contribution >= 0.6 is 0 Å².